The number of hydrogen-bond acceptors (Lipinski definition) is 6. The van der Waals surface area contributed by atoms with Crippen LogP contribution in [0.3, 0.4) is 0 Å². The Hall–Kier alpha value is -2.78. The number of hydrogen-bond donors (Lipinski definition) is 0. The first kappa shape index (κ1) is 23.6. The number of anilines is 1. The number of rotatable bonds is 3. The van der Waals surface area contributed by atoms with Crippen LogP contribution in [0, 0.1) is 0 Å². The molecule has 2 amide bonds. The van der Waals surface area contributed by atoms with Gasteiger partial charge in [0.2, 0.25) is 5.91 Å². The second-order valence-corrected chi connectivity index (χ2v) is 11.8. The Morgan fingerprint density at radius 3 is 2.58 bits per heavy atom. The van der Waals surface area contributed by atoms with Crippen LogP contribution in [0.15, 0.2) is 73.1 Å². The Morgan fingerprint density at radius 1 is 1.08 bits per heavy atom. The number of amides is 2. The Balaban J connectivity index is 1.60. The monoisotopic (exact) mass is 534 g/mol. The van der Waals surface area contributed by atoms with Crippen LogP contribution in [-0.2, 0) is 21.7 Å². The van der Waals surface area contributed by atoms with Gasteiger partial charge in [0.15, 0.2) is 5.54 Å². The summed E-state index contributed by atoms with van der Waals surface area (Å²) in [4.78, 5) is 38.8. The summed E-state index contributed by atoms with van der Waals surface area (Å²) in [5.41, 5.74) is 2.09. The van der Waals surface area contributed by atoms with Gasteiger partial charge < -0.3 is 4.90 Å². The first-order chi connectivity index (χ1) is 17.3. The second-order valence-electron chi connectivity index (χ2n) is 9.44. The third-order valence-electron chi connectivity index (χ3n) is 7.68. The molecule has 3 aliphatic heterocycles. The average Bonchev–Trinajstić information content (AvgIpc) is 3.38. The Morgan fingerprint density at radius 2 is 1.86 bits per heavy atom. The van der Waals surface area contributed by atoms with Crippen molar-refractivity contribution in [2.75, 3.05) is 25.5 Å². The van der Waals surface area contributed by atoms with E-state index in [0.717, 1.165) is 22.4 Å². The van der Waals surface area contributed by atoms with Crippen LogP contribution in [0.1, 0.15) is 22.6 Å². The third-order valence-corrected chi connectivity index (χ3v) is 9.86. The molecule has 36 heavy (non-hydrogen) atoms. The van der Waals surface area contributed by atoms with E-state index in [-0.39, 0.29) is 17.7 Å². The highest BCUT2D eigenvalue weighted by atomic mass is 35.5. The fourth-order valence-electron chi connectivity index (χ4n) is 6.15. The molecule has 3 unspecified atom stereocenters. The maximum absolute atomic E-state index is 14.7. The molecule has 3 atom stereocenters. The zero-order chi connectivity index (χ0) is 25.2. The van der Waals surface area contributed by atoms with Crippen LogP contribution in [0.2, 0.25) is 5.02 Å². The molecule has 0 saturated carbocycles. The largest absolute Gasteiger partial charge is 0.313 e. The summed E-state index contributed by atoms with van der Waals surface area (Å²) in [7, 11) is 3.67. The van der Waals surface area contributed by atoms with Crippen molar-refractivity contribution in [2.24, 2.45) is 0 Å². The van der Waals surface area contributed by atoms with Gasteiger partial charge in [0.1, 0.15) is 9.07 Å². The topological polar surface area (TPSA) is 56.8 Å². The summed E-state index contributed by atoms with van der Waals surface area (Å²) in [6.45, 7) is 0.830. The summed E-state index contributed by atoms with van der Waals surface area (Å²) >= 11 is 13.7. The summed E-state index contributed by atoms with van der Waals surface area (Å²) in [6, 6.07) is 19.1. The summed E-state index contributed by atoms with van der Waals surface area (Å²) in [6.07, 6.45) is 3.50. The Bertz CT molecular complexity index is 1410. The van der Waals surface area contributed by atoms with E-state index in [1.807, 2.05) is 66.5 Å². The van der Waals surface area contributed by atoms with E-state index < -0.39 is 10.3 Å². The number of nitrogens with zero attached hydrogens (tertiary/aromatic N) is 4. The van der Waals surface area contributed by atoms with Crippen LogP contribution in [-0.4, -0.2) is 56.3 Å². The number of halogens is 1. The number of likely N-dealkylation sites (N-methyl/N-ethyl adjacent to an activating group) is 2. The fraction of sp³-hybridized carbons (Fsp3) is 0.259. The predicted molar refractivity (Wildman–Crippen MR) is 146 cm³/mol. The molecule has 2 saturated heterocycles. The lowest BCUT2D eigenvalue weighted by atomic mass is 9.72. The number of fused-ring (bicyclic) bond motifs is 3. The molecule has 2 spiro atoms. The molecular formula is C27H23ClN4O2S2. The molecule has 0 N–H and O–H groups in total. The first-order valence-electron chi connectivity index (χ1n) is 11.6. The summed E-state index contributed by atoms with van der Waals surface area (Å²) < 4.78 is -0.754. The van der Waals surface area contributed by atoms with E-state index in [9.17, 15) is 9.59 Å². The van der Waals surface area contributed by atoms with Crippen molar-refractivity contribution < 1.29 is 9.59 Å². The van der Waals surface area contributed by atoms with E-state index in [4.69, 9.17) is 23.8 Å². The highest BCUT2D eigenvalue weighted by Crippen LogP contribution is 2.66. The van der Waals surface area contributed by atoms with E-state index in [2.05, 4.69) is 4.98 Å². The van der Waals surface area contributed by atoms with Crippen LogP contribution in [0.4, 0.5) is 5.69 Å². The third kappa shape index (κ3) is 2.96. The van der Waals surface area contributed by atoms with Crippen molar-refractivity contribution in [1.82, 2.24) is 14.8 Å². The number of thioether (sulfide) groups is 1. The van der Waals surface area contributed by atoms with Crippen molar-refractivity contribution in [3.63, 3.8) is 0 Å². The highest BCUT2D eigenvalue weighted by Gasteiger charge is 2.78. The minimum Gasteiger partial charge on any atom is -0.313 e. The van der Waals surface area contributed by atoms with E-state index in [1.165, 1.54) is 11.8 Å². The molecule has 0 radical (unpaired) electrons. The molecule has 3 aliphatic rings. The van der Waals surface area contributed by atoms with Gasteiger partial charge in [0.25, 0.3) is 5.91 Å². The standard InChI is InChI=1S/C27H23ClN4O2S2/c1-30-16-21(18-9-6-12-29-14-18)27(24(34)32(25(35)36-27)15-17-7-4-3-5-8-17)26(30)20-13-19(28)10-11-22(20)31(2)23(26)33/h3-14,21H,15-16H2,1-2H3. The van der Waals surface area contributed by atoms with Gasteiger partial charge in [-0.1, -0.05) is 72.0 Å². The van der Waals surface area contributed by atoms with Gasteiger partial charge >= 0.3 is 0 Å². The number of carbonyl (C=O) groups is 2. The zero-order valence-electron chi connectivity index (χ0n) is 19.7. The number of pyridine rings is 1. The number of thiocarbonyl (C=S) groups is 1. The average molecular weight is 535 g/mol. The molecule has 1 aromatic heterocycles. The van der Waals surface area contributed by atoms with Gasteiger partial charge in [-0.25, -0.2) is 0 Å². The first-order valence-corrected chi connectivity index (χ1v) is 13.2. The number of benzene rings is 2. The van der Waals surface area contributed by atoms with Crippen LogP contribution in [0.5, 0.6) is 0 Å². The number of likely N-dealkylation sites (tertiary alicyclic amines) is 1. The van der Waals surface area contributed by atoms with Crippen molar-refractivity contribution in [3.8, 4) is 0 Å². The molecule has 2 fully saturated rings. The van der Waals surface area contributed by atoms with Crippen LogP contribution >= 0.6 is 35.6 Å². The van der Waals surface area contributed by atoms with Gasteiger partial charge in [0, 0.05) is 48.2 Å². The lowest BCUT2D eigenvalue weighted by Crippen LogP contribution is -2.62. The van der Waals surface area contributed by atoms with Gasteiger partial charge in [-0.05, 0) is 42.4 Å². The molecule has 6 nitrogen and oxygen atoms in total. The maximum atomic E-state index is 14.7. The van der Waals surface area contributed by atoms with Crippen LogP contribution < -0.4 is 4.90 Å². The van der Waals surface area contributed by atoms with Crippen molar-refractivity contribution in [3.05, 3.63) is 94.8 Å². The maximum Gasteiger partial charge on any atom is 0.254 e. The predicted octanol–water partition coefficient (Wildman–Crippen LogP) is 4.44. The van der Waals surface area contributed by atoms with Gasteiger partial charge in [-0.15, -0.1) is 0 Å². The molecule has 0 bridgehead atoms. The normalized spacial score (nSPS) is 27.6. The molecule has 9 heteroatoms. The van der Waals surface area contributed by atoms with Crippen LogP contribution in [0.25, 0.3) is 0 Å². The summed E-state index contributed by atoms with van der Waals surface area (Å²) in [5, 5.41) is 0.517. The van der Waals surface area contributed by atoms with E-state index in [0.29, 0.717) is 22.4 Å². The highest BCUT2D eigenvalue weighted by molar-refractivity contribution is 8.25. The Labute approximate surface area is 224 Å². The lowest BCUT2D eigenvalue weighted by Gasteiger charge is -2.42. The molecule has 3 aromatic rings. The zero-order valence-corrected chi connectivity index (χ0v) is 22.1. The summed E-state index contributed by atoms with van der Waals surface area (Å²) in [5.74, 6) is -0.636. The molecule has 0 aliphatic carbocycles. The molecule has 182 valence electrons. The van der Waals surface area contributed by atoms with E-state index >= 15 is 0 Å². The smallest absolute Gasteiger partial charge is 0.254 e. The minimum absolute atomic E-state index is 0.154. The fourth-order valence-corrected chi connectivity index (χ4v) is 8.45. The van der Waals surface area contributed by atoms with Gasteiger partial charge in [-0.2, -0.15) is 0 Å². The molecule has 6 rings (SSSR count). The SMILES string of the molecule is CN1C(=O)C2(c3cc(Cl)ccc31)N(C)CC(c1cccnc1)C21SC(=S)N(Cc2ccccc2)C1=O. The number of carbonyl (C=O) groups excluding carboxylic acids is 2. The molecular weight excluding hydrogens is 512 g/mol. The lowest BCUT2D eigenvalue weighted by molar-refractivity contribution is -0.139. The van der Waals surface area contributed by atoms with Crippen molar-refractivity contribution in [2.45, 2.75) is 22.7 Å². The number of aromatic nitrogens is 1. The molecule has 4 heterocycles. The Kier molecular flexibility index (Phi) is 5.50. The molecule has 2 aromatic carbocycles. The van der Waals surface area contributed by atoms with Crippen molar-refractivity contribution >= 4 is 57.4 Å². The van der Waals surface area contributed by atoms with E-state index in [1.54, 1.807) is 35.3 Å². The minimum atomic E-state index is -1.28. The quantitative estimate of drug-likeness (QED) is 0.463. The van der Waals surface area contributed by atoms with Crippen molar-refractivity contribution in [1.29, 1.82) is 0 Å². The second kappa shape index (κ2) is 8.38. The van der Waals surface area contributed by atoms with Gasteiger partial charge in [0.05, 0.1) is 6.54 Å². The van der Waals surface area contributed by atoms with Gasteiger partial charge in [-0.3, -0.25) is 24.4 Å².